The van der Waals surface area contributed by atoms with Crippen LogP contribution in [0.1, 0.15) is 27.2 Å². The van der Waals surface area contributed by atoms with E-state index in [9.17, 15) is 14.4 Å². The molecule has 0 aliphatic rings. The fraction of sp³-hybridized carbons (Fsp3) is 0.700. The molecule has 0 amide bonds. The maximum absolute atomic E-state index is 10.9. The highest BCUT2D eigenvalue weighted by atomic mass is 16.6. The van der Waals surface area contributed by atoms with Gasteiger partial charge in [-0.25, -0.2) is 0 Å². The highest BCUT2D eigenvalue weighted by molar-refractivity contribution is 5.94. The summed E-state index contributed by atoms with van der Waals surface area (Å²) >= 11 is 0. The van der Waals surface area contributed by atoms with E-state index in [4.69, 9.17) is 4.74 Å². The van der Waals surface area contributed by atoms with Gasteiger partial charge in [-0.1, -0.05) is 13.8 Å². The molecule has 86 valence electrons. The largest absolute Gasteiger partial charge is 0.462 e. The Morgan fingerprint density at radius 1 is 1.07 bits per heavy atom. The quantitative estimate of drug-likeness (QED) is 0.371. The molecule has 0 bridgehead atoms. The lowest BCUT2D eigenvalue weighted by atomic mass is 10.2. The molecule has 5 heteroatoms. The molecule has 0 radical (unpaired) electrons. The van der Waals surface area contributed by atoms with Crippen molar-refractivity contribution in [2.75, 3.05) is 13.2 Å². The fourth-order valence-corrected chi connectivity index (χ4v) is 0.719. The summed E-state index contributed by atoms with van der Waals surface area (Å²) in [4.78, 5) is 32.3. The Kier molecular flexibility index (Phi) is 6.33. The van der Waals surface area contributed by atoms with Crippen molar-refractivity contribution in [1.29, 1.82) is 0 Å². The molecule has 0 atom stereocenters. The fourth-order valence-electron chi connectivity index (χ4n) is 0.719. The lowest BCUT2D eigenvalue weighted by Crippen LogP contribution is -2.17. The van der Waals surface area contributed by atoms with Gasteiger partial charge in [-0.2, -0.15) is 0 Å². The van der Waals surface area contributed by atoms with Crippen LogP contribution < -0.4 is 0 Å². The van der Waals surface area contributed by atoms with Crippen molar-refractivity contribution in [3.05, 3.63) is 0 Å². The second-order valence-electron chi connectivity index (χ2n) is 3.42. The van der Waals surface area contributed by atoms with E-state index in [0.29, 0.717) is 0 Å². The van der Waals surface area contributed by atoms with Crippen LogP contribution in [-0.4, -0.2) is 30.9 Å². The van der Waals surface area contributed by atoms with Crippen molar-refractivity contribution in [2.24, 2.45) is 5.92 Å². The predicted octanol–water partition coefficient (Wildman–Crippen LogP) is 0.708. The average molecular weight is 216 g/mol. The molecule has 0 aliphatic carbocycles. The lowest BCUT2D eigenvalue weighted by molar-refractivity contribution is -0.155. The highest BCUT2D eigenvalue weighted by Gasteiger charge is 2.09. The van der Waals surface area contributed by atoms with Crippen molar-refractivity contribution in [3.8, 4) is 0 Å². The van der Waals surface area contributed by atoms with E-state index < -0.39 is 5.97 Å². The van der Waals surface area contributed by atoms with E-state index in [1.54, 1.807) is 13.8 Å². The highest BCUT2D eigenvalue weighted by Crippen LogP contribution is 1.95. The number of Topliss-reactive ketones (excluding diaryl/α,β-unsaturated/α-hetero) is 1. The van der Waals surface area contributed by atoms with Gasteiger partial charge in [-0.05, 0) is 6.92 Å². The number of carbonyl (C=O) groups excluding carboxylic acids is 3. The van der Waals surface area contributed by atoms with Crippen LogP contribution in [0.2, 0.25) is 0 Å². The maximum atomic E-state index is 10.9. The molecule has 0 aromatic heterocycles. The van der Waals surface area contributed by atoms with Gasteiger partial charge < -0.3 is 9.47 Å². The number of hydrogen-bond acceptors (Lipinski definition) is 5. The van der Waals surface area contributed by atoms with Crippen LogP contribution in [0.4, 0.5) is 0 Å². The molecular formula is C10H16O5. The van der Waals surface area contributed by atoms with E-state index in [1.165, 1.54) is 6.92 Å². The van der Waals surface area contributed by atoms with Crippen LogP contribution in [0.25, 0.3) is 0 Å². The van der Waals surface area contributed by atoms with Crippen LogP contribution in [0.15, 0.2) is 0 Å². The molecule has 0 saturated carbocycles. The first kappa shape index (κ1) is 13.6. The van der Waals surface area contributed by atoms with Crippen molar-refractivity contribution in [2.45, 2.75) is 27.2 Å². The third-order valence-corrected chi connectivity index (χ3v) is 1.46. The molecule has 0 fully saturated rings. The van der Waals surface area contributed by atoms with Crippen LogP contribution >= 0.6 is 0 Å². The Labute approximate surface area is 88.7 Å². The molecular weight excluding hydrogens is 200 g/mol. The Morgan fingerprint density at radius 3 is 2.07 bits per heavy atom. The Balaban J connectivity index is 3.50. The van der Waals surface area contributed by atoms with Gasteiger partial charge in [-0.3, -0.25) is 14.4 Å². The normalized spacial score (nSPS) is 9.87. The van der Waals surface area contributed by atoms with E-state index in [0.717, 1.165) is 0 Å². The minimum absolute atomic E-state index is 0.00935. The number of ether oxygens (including phenoxy) is 2. The van der Waals surface area contributed by atoms with Crippen molar-refractivity contribution >= 4 is 17.7 Å². The van der Waals surface area contributed by atoms with Crippen molar-refractivity contribution in [3.63, 3.8) is 0 Å². The summed E-state index contributed by atoms with van der Waals surface area (Å²) in [6.45, 7) is 4.75. The molecule has 0 saturated heterocycles. The van der Waals surface area contributed by atoms with Gasteiger partial charge >= 0.3 is 11.9 Å². The van der Waals surface area contributed by atoms with Crippen LogP contribution in [0.3, 0.4) is 0 Å². The van der Waals surface area contributed by atoms with Crippen LogP contribution in [0.5, 0.6) is 0 Å². The lowest BCUT2D eigenvalue weighted by Gasteiger charge is -2.07. The van der Waals surface area contributed by atoms with Gasteiger partial charge in [0.15, 0.2) is 0 Å². The molecule has 0 spiro atoms. The van der Waals surface area contributed by atoms with E-state index in [2.05, 4.69) is 4.74 Å². The standard InChI is InChI=1S/C10H16O5/c1-7(2)10(13)15-5-4-14-9(12)6-8(3)11/h7H,4-6H2,1-3H3. The number of esters is 2. The second-order valence-corrected chi connectivity index (χ2v) is 3.42. The van der Waals surface area contributed by atoms with Gasteiger partial charge in [-0.15, -0.1) is 0 Å². The first-order chi connectivity index (χ1) is 6.93. The Hall–Kier alpha value is -1.39. The molecule has 0 aromatic carbocycles. The topological polar surface area (TPSA) is 69.7 Å². The summed E-state index contributed by atoms with van der Waals surface area (Å²) in [5.41, 5.74) is 0. The SMILES string of the molecule is CC(=O)CC(=O)OCCOC(=O)C(C)C. The van der Waals surface area contributed by atoms with Crippen LogP contribution in [0, 0.1) is 5.92 Å². The Morgan fingerprint density at radius 2 is 1.60 bits per heavy atom. The second kappa shape index (κ2) is 6.98. The van der Waals surface area contributed by atoms with E-state index in [1.807, 2.05) is 0 Å². The van der Waals surface area contributed by atoms with Crippen LogP contribution in [-0.2, 0) is 23.9 Å². The summed E-state index contributed by atoms with van der Waals surface area (Å²) in [7, 11) is 0. The van der Waals surface area contributed by atoms with Crippen molar-refractivity contribution < 1.29 is 23.9 Å². The molecule has 0 N–H and O–H groups in total. The van der Waals surface area contributed by atoms with Crippen molar-refractivity contribution in [1.82, 2.24) is 0 Å². The average Bonchev–Trinajstić information content (AvgIpc) is 2.10. The zero-order chi connectivity index (χ0) is 11.8. The molecule has 0 heterocycles. The number of ketones is 1. The maximum Gasteiger partial charge on any atom is 0.313 e. The monoisotopic (exact) mass is 216 g/mol. The number of hydrogen-bond donors (Lipinski definition) is 0. The molecule has 15 heavy (non-hydrogen) atoms. The summed E-state index contributed by atoms with van der Waals surface area (Å²) < 4.78 is 9.40. The van der Waals surface area contributed by atoms with Gasteiger partial charge in [0, 0.05) is 0 Å². The van der Waals surface area contributed by atoms with E-state index >= 15 is 0 Å². The van der Waals surface area contributed by atoms with Gasteiger partial charge in [0.05, 0.1) is 5.92 Å². The third-order valence-electron chi connectivity index (χ3n) is 1.46. The van der Waals surface area contributed by atoms with E-state index in [-0.39, 0.29) is 37.3 Å². The molecule has 0 aliphatic heterocycles. The minimum atomic E-state index is -0.594. The molecule has 5 nitrogen and oxygen atoms in total. The smallest absolute Gasteiger partial charge is 0.313 e. The zero-order valence-corrected chi connectivity index (χ0v) is 9.24. The van der Waals surface area contributed by atoms with Gasteiger partial charge in [0.1, 0.15) is 25.4 Å². The number of rotatable bonds is 6. The van der Waals surface area contributed by atoms with Gasteiger partial charge in [0.2, 0.25) is 0 Å². The number of carbonyl (C=O) groups is 3. The summed E-state index contributed by atoms with van der Waals surface area (Å²) in [6.07, 6.45) is -0.238. The molecule has 0 aromatic rings. The summed E-state index contributed by atoms with van der Waals surface area (Å²) in [5.74, 6) is -1.38. The third kappa shape index (κ3) is 7.66. The summed E-state index contributed by atoms with van der Waals surface area (Å²) in [5, 5.41) is 0. The first-order valence-electron chi connectivity index (χ1n) is 4.75. The minimum Gasteiger partial charge on any atom is -0.462 e. The molecule has 0 unspecified atom stereocenters. The Bertz CT molecular complexity index is 244. The first-order valence-corrected chi connectivity index (χ1v) is 4.75. The zero-order valence-electron chi connectivity index (χ0n) is 9.24. The predicted molar refractivity (Wildman–Crippen MR) is 52.1 cm³/mol. The van der Waals surface area contributed by atoms with Gasteiger partial charge in [0.25, 0.3) is 0 Å². The summed E-state index contributed by atoms with van der Waals surface area (Å²) in [6, 6.07) is 0. The molecule has 0 rings (SSSR count).